The van der Waals surface area contributed by atoms with Crippen LogP contribution >= 0.6 is 22.9 Å². The summed E-state index contributed by atoms with van der Waals surface area (Å²) in [4.78, 5) is 30.2. The van der Waals surface area contributed by atoms with Gasteiger partial charge in [0.15, 0.2) is 0 Å². The second-order valence-corrected chi connectivity index (χ2v) is 9.36. The van der Waals surface area contributed by atoms with Crippen LogP contribution in [0.5, 0.6) is 5.75 Å². The van der Waals surface area contributed by atoms with Crippen molar-refractivity contribution in [2.45, 2.75) is 25.4 Å². The van der Waals surface area contributed by atoms with Crippen molar-refractivity contribution >= 4 is 51.4 Å². The molecule has 0 atom stereocenters. The minimum atomic E-state index is -0.0148. The minimum absolute atomic E-state index is 0.0148. The largest absolute Gasteiger partial charge is 0.485 e. The summed E-state index contributed by atoms with van der Waals surface area (Å²) in [6, 6.07) is 5.56. The highest BCUT2D eigenvalue weighted by atomic mass is 35.5. The average Bonchev–Trinajstić information content (AvgIpc) is 3.54. The molecule has 0 saturated carbocycles. The summed E-state index contributed by atoms with van der Waals surface area (Å²) < 4.78 is 5.80. The fourth-order valence-corrected chi connectivity index (χ4v) is 5.00. The topological polar surface area (TPSA) is 96.0 Å². The Hall–Kier alpha value is -3.43. The summed E-state index contributed by atoms with van der Waals surface area (Å²) in [7, 11) is 0. The molecular weight excluding hydrogens is 472 g/mol. The number of likely N-dealkylation sites (tertiary alicyclic amines) is 1. The van der Waals surface area contributed by atoms with Crippen molar-refractivity contribution in [3.63, 3.8) is 0 Å². The van der Waals surface area contributed by atoms with Gasteiger partial charge in [0.05, 0.1) is 10.4 Å². The molecule has 0 spiro atoms. The van der Waals surface area contributed by atoms with E-state index >= 15 is 0 Å². The first kappa shape index (κ1) is 22.4. The van der Waals surface area contributed by atoms with Gasteiger partial charge >= 0.3 is 0 Å². The van der Waals surface area contributed by atoms with Crippen molar-refractivity contribution in [2.24, 2.45) is 0 Å². The highest BCUT2D eigenvalue weighted by molar-refractivity contribution is 7.09. The van der Waals surface area contributed by atoms with E-state index in [9.17, 15) is 4.79 Å². The average molecular weight is 495 g/mol. The maximum atomic E-state index is 11.9. The number of nitrogens with zero attached hydrogens (tertiary/aromatic N) is 4. The van der Waals surface area contributed by atoms with E-state index in [1.165, 1.54) is 23.7 Å². The zero-order valence-corrected chi connectivity index (χ0v) is 19.9. The van der Waals surface area contributed by atoms with Crippen LogP contribution in [0, 0.1) is 0 Å². The number of aromatic amines is 1. The summed E-state index contributed by atoms with van der Waals surface area (Å²) >= 11 is 8.02. The molecule has 1 fully saturated rings. The number of amides is 1. The number of H-pyrrole nitrogens is 1. The third kappa shape index (κ3) is 4.62. The number of hydrogen-bond donors (Lipinski definition) is 2. The Balaban J connectivity index is 1.34. The van der Waals surface area contributed by atoms with Crippen LogP contribution in [0.3, 0.4) is 0 Å². The second-order valence-electron chi connectivity index (χ2n) is 7.98. The van der Waals surface area contributed by atoms with Gasteiger partial charge in [-0.1, -0.05) is 18.2 Å². The molecule has 0 aliphatic carbocycles. The van der Waals surface area contributed by atoms with Gasteiger partial charge in [0.2, 0.25) is 5.91 Å². The lowest BCUT2D eigenvalue weighted by Gasteiger charge is -2.31. The summed E-state index contributed by atoms with van der Waals surface area (Å²) in [5, 5.41) is 7.64. The minimum Gasteiger partial charge on any atom is -0.485 e. The van der Waals surface area contributed by atoms with Gasteiger partial charge < -0.3 is 19.9 Å². The maximum absolute atomic E-state index is 11.9. The SMILES string of the molecule is C=CC(=O)N1CCC(c2c[nH]c3ncnc(Nc4ccc(OCc5nccs5)c(Cl)c4)c23)CC1. The number of thiazole rings is 1. The number of anilines is 2. The van der Waals surface area contributed by atoms with Gasteiger partial charge in [0, 0.05) is 36.6 Å². The van der Waals surface area contributed by atoms with E-state index in [2.05, 4.69) is 31.8 Å². The zero-order chi connectivity index (χ0) is 23.5. The molecule has 174 valence electrons. The number of fused-ring (bicyclic) bond motifs is 1. The molecule has 10 heteroatoms. The lowest BCUT2D eigenvalue weighted by molar-refractivity contribution is -0.127. The van der Waals surface area contributed by atoms with Crippen molar-refractivity contribution in [1.29, 1.82) is 0 Å². The predicted molar refractivity (Wildman–Crippen MR) is 134 cm³/mol. The molecule has 1 amide bonds. The number of benzene rings is 1. The third-order valence-electron chi connectivity index (χ3n) is 5.95. The standard InChI is InChI=1S/C24H23ClN6O2S/c1-2-21(32)31-8-5-15(6-9-31)17-12-27-23-22(17)24(29-14-28-23)30-16-3-4-19(18(25)11-16)33-13-20-26-7-10-34-20/h2-4,7,10-12,14-15H,1,5-6,8-9,13H2,(H2,27,28,29,30). The molecule has 8 nitrogen and oxygen atoms in total. The van der Waals surface area contributed by atoms with Crippen LogP contribution in [0.1, 0.15) is 29.3 Å². The molecule has 2 N–H and O–H groups in total. The molecule has 0 bridgehead atoms. The van der Waals surface area contributed by atoms with Crippen molar-refractivity contribution < 1.29 is 9.53 Å². The molecule has 1 aliphatic heterocycles. The van der Waals surface area contributed by atoms with Gasteiger partial charge in [0.25, 0.3) is 0 Å². The molecule has 34 heavy (non-hydrogen) atoms. The molecule has 4 heterocycles. The van der Waals surface area contributed by atoms with Crippen LogP contribution in [0.2, 0.25) is 5.02 Å². The third-order valence-corrected chi connectivity index (χ3v) is 7.00. The Morgan fingerprint density at radius 2 is 2.18 bits per heavy atom. The fraction of sp³-hybridized carbons (Fsp3) is 0.250. The van der Waals surface area contributed by atoms with Crippen molar-refractivity contribution in [2.75, 3.05) is 18.4 Å². The monoisotopic (exact) mass is 494 g/mol. The van der Waals surface area contributed by atoms with Crippen LogP contribution in [-0.2, 0) is 11.4 Å². The van der Waals surface area contributed by atoms with E-state index < -0.39 is 0 Å². The number of hydrogen-bond acceptors (Lipinski definition) is 7. The molecule has 1 aliphatic rings. The van der Waals surface area contributed by atoms with Gasteiger partial charge in [-0.05, 0) is 48.6 Å². The molecule has 0 radical (unpaired) electrons. The molecular formula is C24H23ClN6O2S. The number of aromatic nitrogens is 4. The highest BCUT2D eigenvalue weighted by Gasteiger charge is 2.26. The molecule has 0 unspecified atom stereocenters. The van der Waals surface area contributed by atoms with Gasteiger partial charge in [-0.15, -0.1) is 11.3 Å². The van der Waals surface area contributed by atoms with Crippen molar-refractivity contribution in [1.82, 2.24) is 24.8 Å². The second kappa shape index (κ2) is 9.82. The summed E-state index contributed by atoms with van der Waals surface area (Å²) in [5.41, 5.74) is 2.72. The van der Waals surface area contributed by atoms with E-state index in [0.29, 0.717) is 42.2 Å². The van der Waals surface area contributed by atoms with E-state index in [-0.39, 0.29) is 5.91 Å². The summed E-state index contributed by atoms with van der Waals surface area (Å²) in [6.07, 6.45) is 8.41. The Morgan fingerprint density at radius 1 is 1.32 bits per heavy atom. The number of carbonyl (C=O) groups is 1. The highest BCUT2D eigenvalue weighted by Crippen LogP contribution is 2.37. The molecule has 5 rings (SSSR count). The molecule has 4 aromatic rings. The van der Waals surface area contributed by atoms with E-state index in [4.69, 9.17) is 16.3 Å². The van der Waals surface area contributed by atoms with Gasteiger partial charge in [-0.25, -0.2) is 15.0 Å². The van der Waals surface area contributed by atoms with Gasteiger partial charge in [-0.2, -0.15) is 0 Å². The van der Waals surface area contributed by atoms with Crippen molar-refractivity contribution in [3.05, 3.63) is 70.5 Å². The first-order valence-electron chi connectivity index (χ1n) is 10.9. The molecule has 3 aromatic heterocycles. The first-order chi connectivity index (χ1) is 16.6. The zero-order valence-electron chi connectivity index (χ0n) is 18.3. The lowest BCUT2D eigenvalue weighted by Crippen LogP contribution is -2.36. The lowest BCUT2D eigenvalue weighted by atomic mass is 9.89. The summed E-state index contributed by atoms with van der Waals surface area (Å²) in [6.45, 7) is 5.38. The number of halogens is 1. The fourth-order valence-electron chi connectivity index (χ4n) is 4.24. The number of ether oxygens (including phenoxy) is 1. The Bertz CT molecular complexity index is 1310. The Morgan fingerprint density at radius 3 is 2.91 bits per heavy atom. The van der Waals surface area contributed by atoms with Crippen LogP contribution in [0.25, 0.3) is 11.0 Å². The van der Waals surface area contributed by atoms with E-state index in [0.717, 1.165) is 40.1 Å². The normalized spacial score (nSPS) is 14.3. The van der Waals surface area contributed by atoms with Gasteiger partial charge in [0.1, 0.15) is 35.2 Å². The number of nitrogens with one attached hydrogen (secondary N) is 2. The number of rotatable bonds is 7. The summed E-state index contributed by atoms with van der Waals surface area (Å²) in [5.74, 6) is 1.59. The van der Waals surface area contributed by atoms with Crippen molar-refractivity contribution in [3.8, 4) is 5.75 Å². The van der Waals surface area contributed by atoms with Crippen LogP contribution in [0.4, 0.5) is 11.5 Å². The first-order valence-corrected chi connectivity index (χ1v) is 12.2. The molecule has 1 saturated heterocycles. The van der Waals surface area contributed by atoms with Crippen LogP contribution in [-0.4, -0.2) is 43.8 Å². The van der Waals surface area contributed by atoms with E-state index in [1.54, 1.807) is 6.20 Å². The maximum Gasteiger partial charge on any atom is 0.245 e. The Kier molecular flexibility index (Phi) is 6.46. The smallest absolute Gasteiger partial charge is 0.245 e. The van der Waals surface area contributed by atoms with Crippen LogP contribution in [0.15, 0.2) is 55.0 Å². The van der Waals surface area contributed by atoms with E-state index in [1.807, 2.05) is 34.7 Å². The number of carbonyl (C=O) groups excluding carboxylic acids is 1. The predicted octanol–water partition coefficient (Wildman–Crippen LogP) is 5.28. The quantitative estimate of drug-likeness (QED) is 0.339. The molecule has 1 aromatic carbocycles. The van der Waals surface area contributed by atoms with Crippen LogP contribution < -0.4 is 10.1 Å². The van der Waals surface area contributed by atoms with Gasteiger partial charge in [-0.3, -0.25) is 4.79 Å². The Labute approximate surface area is 205 Å². The number of piperidine rings is 1.